The Morgan fingerprint density at radius 1 is 1.35 bits per heavy atom. The number of benzene rings is 1. The first-order valence-corrected chi connectivity index (χ1v) is 7.80. The molecule has 1 aliphatic heterocycles. The van der Waals surface area contributed by atoms with Crippen LogP contribution >= 0.6 is 0 Å². The van der Waals surface area contributed by atoms with Crippen LogP contribution in [0.15, 0.2) is 18.2 Å². The van der Waals surface area contributed by atoms with Crippen molar-refractivity contribution in [2.75, 3.05) is 6.54 Å². The number of hydrogen-bond acceptors (Lipinski definition) is 3. The zero-order valence-corrected chi connectivity index (χ0v) is 13.6. The molecule has 0 bridgehead atoms. The molecule has 6 heteroatoms. The van der Waals surface area contributed by atoms with Crippen molar-refractivity contribution in [1.82, 2.24) is 5.32 Å². The number of rotatable bonds is 4. The highest BCUT2D eigenvalue weighted by Gasteiger charge is 2.32. The van der Waals surface area contributed by atoms with E-state index in [9.17, 15) is 18.7 Å². The molecule has 3 atom stereocenters. The third-order valence-corrected chi connectivity index (χ3v) is 4.19. The van der Waals surface area contributed by atoms with Crippen molar-refractivity contribution in [3.63, 3.8) is 0 Å². The minimum absolute atomic E-state index is 0.00422. The molecule has 3 unspecified atom stereocenters. The van der Waals surface area contributed by atoms with Gasteiger partial charge in [0.25, 0.3) is 0 Å². The number of nitrogens with one attached hydrogen (secondary N) is 1. The van der Waals surface area contributed by atoms with Gasteiger partial charge in [0.15, 0.2) is 0 Å². The Bertz CT molecular complexity index is 567. The summed E-state index contributed by atoms with van der Waals surface area (Å²) in [7, 11) is 0. The van der Waals surface area contributed by atoms with Crippen molar-refractivity contribution in [3.05, 3.63) is 35.4 Å². The van der Waals surface area contributed by atoms with Gasteiger partial charge in [-0.2, -0.15) is 0 Å². The maximum Gasteiger partial charge on any atom is 0.223 e. The molecule has 1 fully saturated rings. The van der Waals surface area contributed by atoms with E-state index in [4.69, 9.17) is 4.74 Å². The first-order chi connectivity index (χ1) is 10.7. The second kappa shape index (κ2) is 6.93. The van der Waals surface area contributed by atoms with E-state index in [1.165, 1.54) is 13.0 Å². The minimum Gasteiger partial charge on any atom is -0.383 e. The second-order valence-corrected chi connectivity index (χ2v) is 6.54. The smallest absolute Gasteiger partial charge is 0.223 e. The predicted molar refractivity (Wildman–Crippen MR) is 81.7 cm³/mol. The van der Waals surface area contributed by atoms with Crippen LogP contribution in [-0.4, -0.2) is 29.8 Å². The molecule has 128 valence electrons. The first-order valence-electron chi connectivity index (χ1n) is 7.80. The normalized spacial score (nSPS) is 27.3. The molecule has 4 nitrogen and oxygen atoms in total. The highest BCUT2D eigenvalue weighted by atomic mass is 19.1. The van der Waals surface area contributed by atoms with Crippen LogP contribution in [0.3, 0.4) is 0 Å². The molecule has 1 aromatic carbocycles. The van der Waals surface area contributed by atoms with Crippen molar-refractivity contribution in [2.45, 2.75) is 51.4 Å². The quantitative estimate of drug-likeness (QED) is 0.893. The van der Waals surface area contributed by atoms with Crippen LogP contribution in [0.25, 0.3) is 0 Å². The summed E-state index contributed by atoms with van der Waals surface area (Å²) in [4.78, 5) is 12.3. The lowest BCUT2D eigenvalue weighted by Crippen LogP contribution is -2.44. The zero-order chi connectivity index (χ0) is 17.2. The van der Waals surface area contributed by atoms with E-state index in [-0.39, 0.29) is 36.1 Å². The van der Waals surface area contributed by atoms with E-state index in [0.29, 0.717) is 18.9 Å². The van der Waals surface area contributed by atoms with Crippen LogP contribution in [-0.2, 0) is 15.1 Å². The number of amides is 1. The lowest BCUT2D eigenvalue weighted by molar-refractivity contribution is -0.134. The second-order valence-electron chi connectivity index (χ2n) is 6.54. The predicted octanol–water partition coefficient (Wildman–Crippen LogP) is 2.49. The maximum absolute atomic E-state index is 13.8. The summed E-state index contributed by atoms with van der Waals surface area (Å²) in [6.07, 6.45) is 1.24. The van der Waals surface area contributed by atoms with Gasteiger partial charge in [-0.1, -0.05) is 6.07 Å². The Labute approximate surface area is 134 Å². The molecule has 1 saturated heterocycles. The highest BCUT2D eigenvalue weighted by molar-refractivity contribution is 5.78. The molecule has 1 amide bonds. The van der Waals surface area contributed by atoms with Crippen LogP contribution in [0.5, 0.6) is 0 Å². The molecule has 0 aliphatic carbocycles. The zero-order valence-electron chi connectivity index (χ0n) is 13.6. The summed E-state index contributed by atoms with van der Waals surface area (Å²) in [5, 5.41) is 13.1. The fourth-order valence-electron chi connectivity index (χ4n) is 3.04. The third kappa shape index (κ3) is 4.48. The van der Waals surface area contributed by atoms with Crippen LogP contribution < -0.4 is 5.32 Å². The molecule has 1 heterocycles. The van der Waals surface area contributed by atoms with E-state index in [2.05, 4.69) is 5.32 Å². The fourth-order valence-corrected chi connectivity index (χ4v) is 3.04. The van der Waals surface area contributed by atoms with Gasteiger partial charge in [0.05, 0.1) is 18.8 Å². The van der Waals surface area contributed by atoms with Crippen LogP contribution in [0.4, 0.5) is 8.78 Å². The maximum atomic E-state index is 13.8. The minimum atomic E-state index is -1.62. The average Bonchev–Trinajstić information content (AvgIpc) is 2.43. The number of aliphatic hydroxyl groups is 1. The molecule has 2 rings (SSSR count). The fraction of sp³-hybridized carbons (Fsp3) is 0.588. The summed E-state index contributed by atoms with van der Waals surface area (Å²) in [5.41, 5.74) is -1.66. The summed E-state index contributed by atoms with van der Waals surface area (Å²) in [6.45, 7) is 5.08. The van der Waals surface area contributed by atoms with Gasteiger partial charge in [-0.25, -0.2) is 8.78 Å². The van der Waals surface area contributed by atoms with Crippen molar-refractivity contribution < 1.29 is 23.4 Å². The van der Waals surface area contributed by atoms with E-state index in [0.717, 1.165) is 6.07 Å². The lowest BCUT2D eigenvalue weighted by Gasteiger charge is -2.32. The molecule has 0 spiro atoms. The van der Waals surface area contributed by atoms with Crippen LogP contribution in [0.1, 0.15) is 39.2 Å². The van der Waals surface area contributed by atoms with Gasteiger partial charge >= 0.3 is 0 Å². The van der Waals surface area contributed by atoms with E-state index in [1.54, 1.807) is 0 Å². The van der Waals surface area contributed by atoms with Crippen LogP contribution in [0.2, 0.25) is 0 Å². The highest BCUT2D eigenvalue weighted by Crippen LogP contribution is 2.26. The monoisotopic (exact) mass is 327 g/mol. The molecular formula is C17H23F2NO3. The van der Waals surface area contributed by atoms with Gasteiger partial charge in [-0.3, -0.25) is 4.79 Å². The molecule has 23 heavy (non-hydrogen) atoms. The Balaban J connectivity index is 1.99. The number of halogens is 2. The first kappa shape index (κ1) is 17.8. The van der Waals surface area contributed by atoms with Crippen molar-refractivity contribution in [1.29, 1.82) is 0 Å². The Morgan fingerprint density at radius 3 is 2.52 bits per heavy atom. The topological polar surface area (TPSA) is 58.6 Å². The molecule has 0 saturated carbocycles. The van der Waals surface area contributed by atoms with Crippen molar-refractivity contribution in [2.24, 2.45) is 5.92 Å². The van der Waals surface area contributed by atoms with Gasteiger partial charge in [0.1, 0.15) is 17.2 Å². The standard InChI is InChI=1S/C17H23F2NO3/c1-10-6-12(7-11(2)23-10)16(21)20-9-17(3,22)14-5-4-13(18)8-15(14)19/h4-5,8,10-12,22H,6-7,9H2,1-3H3,(H,20,21). The van der Waals surface area contributed by atoms with Gasteiger partial charge in [0.2, 0.25) is 5.91 Å². The largest absolute Gasteiger partial charge is 0.383 e. The Kier molecular flexibility index (Phi) is 5.37. The van der Waals surface area contributed by atoms with Gasteiger partial charge in [-0.05, 0) is 39.7 Å². The van der Waals surface area contributed by atoms with E-state index < -0.39 is 17.2 Å². The van der Waals surface area contributed by atoms with Crippen LogP contribution in [0, 0.1) is 17.6 Å². The van der Waals surface area contributed by atoms with Gasteiger partial charge in [-0.15, -0.1) is 0 Å². The lowest BCUT2D eigenvalue weighted by atomic mass is 9.91. The summed E-state index contributed by atoms with van der Waals surface area (Å²) in [6, 6.07) is 2.99. The van der Waals surface area contributed by atoms with E-state index in [1.807, 2.05) is 13.8 Å². The summed E-state index contributed by atoms with van der Waals surface area (Å²) >= 11 is 0. The number of hydrogen-bond donors (Lipinski definition) is 2. The molecule has 0 aromatic heterocycles. The molecule has 1 aliphatic rings. The van der Waals surface area contributed by atoms with Crippen molar-refractivity contribution >= 4 is 5.91 Å². The molecule has 2 N–H and O–H groups in total. The Morgan fingerprint density at radius 2 is 1.96 bits per heavy atom. The number of carbonyl (C=O) groups is 1. The number of ether oxygens (including phenoxy) is 1. The molecule has 1 aromatic rings. The average molecular weight is 327 g/mol. The summed E-state index contributed by atoms with van der Waals surface area (Å²) in [5.74, 6) is -1.92. The SMILES string of the molecule is CC1CC(C(=O)NCC(C)(O)c2ccc(F)cc2F)CC(C)O1. The van der Waals surface area contributed by atoms with E-state index >= 15 is 0 Å². The third-order valence-electron chi connectivity index (χ3n) is 4.19. The molecular weight excluding hydrogens is 304 g/mol. The summed E-state index contributed by atoms with van der Waals surface area (Å²) < 4.78 is 32.4. The van der Waals surface area contributed by atoms with Gasteiger partial charge < -0.3 is 15.2 Å². The van der Waals surface area contributed by atoms with Crippen molar-refractivity contribution in [3.8, 4) is 0 Å². The Hall–Kier alpha value is -1.53. The number of carbonyl (C=O) groups excluding carboxylic acids is 1. The van der Waals surface area contributed by atoms with Gasteiger partial charge in [0, 0.05) is 17.5 Å². The molecule has 0 radical (unpaired) electrons.